The summed E-state index contributed by atoms with van der Waals surface area (Å²) in [5, 5.41) is 3.40. The predicted molar refractivity (Wildman–Crippen MR) is 72.8 cm³/mol. The number of benzene rings is 1. The molecule has 2 rings (SSSR count). The van der Waals surface area contributed by atoms with Gasteiger partial charge in [-0.05, 0) is 36.8 Å². The Hall–Kier alpha value is -2.07. The zero-order valence-electron chi connectivity index (χ0n) is 9.77. The molecule has 1 aromatic carbocycles. The van der Waals surface area contributed by atoms with Crippen molar-refractivity contribution in [3.05, 3.63) is 52.7 Å². The topological polar surface area (TPSA) is 68.0 Å². The maximum absolute atomic E-state index is 12.0. The summed E-state index contributed by atoms with van der Waals surface area (Å²) in [5.41, 5.74) is 7.42. The Morgan fingerprint density at radius 3 is 2.78 bits per heavy atom. The van der Waals surface area contributed by atoms with Gasteiger partial charge >= 0.3 is 0 Å². The molecule has 0 saturated carbocycles. The van der Waals surface area contributed by atoms with E-state index < -0.39 is 0 Å². The number of amides is 1. The molecule has 0 fully saturated rings. The minimum Gasteiger partial charge on any atom is -0.384 e. The molecule has 3 N–H and O–H groups in total. The molecule has 0 spiro atoms. The largest absolute Gasteiger partial charge is 0.384 e. The molecule has 1 amide bonds. The molecule has 1 aromatic heterocycles. The molecular weight excluding hydrogens is 250 g/mol. The highest BCUT2D eigenvalue weighted by Crippen LogP contribution is 2.23. The van der Waals surface area contributed by atoms with Crippen LogP contribution in [0.4, 0.5) is 11.5 Å². The summed E-state index contributed by atoms with van der Waals surface area (Å²) in [6.45, 7) is 1.85. The number of pyridine rings is 1. The van der Waals surface area contributed by atoms with Gasteiger partial charge in [-0.15, -0.1) is 0 Å². The number of carbonyl (C=O) groups excluding carboxylic acids is 1. The first-order chi connectivity index (χ1) is 8.58. The van der Waals surface area contributed by atoms with E-state index in [1.807, 2.05) is 6.92 Å². The van der Waals surface area contributed by atoms with Crippen LogP contribution in [0.25, 0.3) is 0 Å². The van der Waals surface area contributed by atoms with Crippen molar-refractivity contribution in [2.45, 2.75) is 6.92 Å². The molecule has 0 unspecified atom stereocenters. The molecule has 18 heavy (non-hydrogen) atoms. The predicted octanol–water partition coefficient (Wildman–Crippen LogP) is 2.88. The Kier molecular flexibility index (Phi) is 3.48. The van der Waals surface area contributed by atoms with Crippen molar-refractivity contribution >= 4 is 29.0 Å². The number of aromatic nitrogens is 1. The molecule has 5 heteroatoms. The van der Waals surface area contributed by atoms with E-state index in [9.17, 15) is 4.79 Å². The fourth-order valence-electron chi connectivity index (χ4n) is 1.48. The van der Waals surface area contributed by atoms with E-state index in [4.69, 9.17) is 17.3 Å². The highest BCUT2D eigenvalue weighted by molar-refractivity contribution is 6.31. The first kappa shape index (κ1) is 12.4. The first-order valence-electron chi connectivity index (χ1n) is 5.36. The summed E-state index contributed by atoms with van der Waals surface area (Å²) in [7, 11) is 0. The minimum atomic E-state index is -0.243. The molecule has 0 aliphatic carbocycles. The van der Waals surface area contributed by atoms with Crippen LogP contribution in [0.5, 0.6) is 0 Å². The zero-order valence-corrected chi connectivity index (χ0v) is 10.5. The third kappa shape index (κ3) is 2.60. The number of hydrogen-bond acceptors (Lipinski definition) is 3. The summed E-state index contributed by atoms with van der Waals surface area (Å²) in [6, 6.07) is 8.56. The van der Waals surface area contributed by atoms with E-state index in [1.165, 1.54) is 6.20 Å². The van der Waals surface area contributed by atoms with Crippen molar-refractivity contribution in [2.75, 3.05) is 11.1 Å². The molecule has 0 bridgehead atoms. The van der Waals surface area contributed by atoms with Crippen LogP contribution in [0.3, 0.4) is 0 Å². The van der Waals surface area contributed by atoms with Crippen molar-refractivity contribution in [3.63, 3.8) is 0 Å². The van der Waals surface area contributed by atoms with Gasteiger partial charge in [0.15, 0.2) is 0 Å². The lowest BCUT2D eigenvalue weighted by atomic mass is 10.2. The third-order valence-electron chi connectivity index (χ3n) is 2.56. The molecule has 2 aromatic rings. The van der Waals surface area contributed by atoms with Crippen molar-refractivity contribution < 1.29 is 4.79 Å². The van der Waals surface area contributed by atoms with E-state index in [0.29, 0.717) is 22.1 Å². The highest BCUT2D eigenvalue weighted by atomic mass is 35.5. The smallest absolute Gasteiger partial charge is 0.257 e. The Morgan fingerprint density at radius 1 is 1.33 bits per heavy atom. The van der Waals surface area contributed by atoms with E-state index in [-0.39, 0.29) is 5.91 Å². The Bertz CT molecular complexity index is 581. The number of halogens is 1. The summed E-state index contributed by atoms with van der Waals surface area (Å²) in [6.07, 6.45) is 1.44. The summed E-state index contributed by atoms with van der Waals surface area (Å²) < 4.78 is 0. The van der Waals surface area contributed by atoms with Gasteiger partial charge < -0.3 is 11.1 Å². The van der Waals surface area contributed by atoms with E-state index in [2.05, 4.69) is 10.3 Å². The third-order valence-corrected chi connectivity index (χ3v) is 2.97. The van der Waals surface area contributed by atoms with Crippen molar-refractivity contribution in [1.29, 1.82) is 0 Å². The number of nitrogens with one attached hydrogen (secondary N) is 1. The lowest BCUT2D eigenvalue weighted by Gasteiger charge is -2.09. The van der Waals surface area contributed by atoms with Gasteiger partial charge in [0.1, 0.15) is 5.82 Å². The Labute approximate surface area is 110 Å². The number of anilines is 2. The SMILES string of the molecule is Cc1c(Cl)cccc1NC(=O)c1ccc(N)nc1. The number of rotatable bonds is 2. The molecular formula is C13H12ClN3O. The van der Waals surface area contributed by atoms with Gasteiger partial charge in [-0.1, -0.05) is 17.7 Å². The van der Waals surface area contributed by atoms with Crippen LogP contribution in [0.2, 0.25) is 5.02 Å². The lowest BCUT2D eigenvalue weighted by Crippen LogP contribution is -2.13. The molecule has 92 valence electrons. The molecule has 0 saturated heterocycles. The van der Waals surface area contributed by atoms with Crippen LogP contribution in [0.1, 0.15) is 15.9 Å². The van der Waals surface area contributed by atoms with E-state index >= 15 is 0 Å². The highest BCUT2D eigenvalue weighted by Gasteiger charge is 2.09. The number of nitrogen functional groups attached to an aromatic ring is 1. The molecule has 0 atom stereocenters. The Morgan fingerprint density at radius 2 is 2.11 bits per heavy atom. The van der Waals surface area contributed by atoms with Crippen LogP contribution in [-0.2, 0) is 0 Å². The summed E-state index contributed by atoms with van der Waals surface area (Å²) in [5.74, 6) is 0.137. The second-order valence-corrected chi connectivity index (χ2v) is 4.25. The monoisotopic (exact) mass is 261 g/mol. The number of nitrogens with zero attached hydrogens (tertiary/aromatic N) is 1. The normalized spacial score (nSPS) is 10.1. The molecule has 0 aliphatic heterocycles. The average molecular weight is 262 g/mol. The van der Waals surface area contributed by atoms with Gasteiger partial charge in [-0.2, -0.15) is 0 Å². The van der Waals surface area contributed by atoms with E-state index in [1.54, 1.807) is 30.3 Å². The number of nitrogens with two attached hydrogens (primary N) is 1. The molecule has 0 radical (unpaired) electrons. The van der Waals surface area contributed by atoms with Crippen LogP contribution in [-0.4, -0.2) is 10.9 Å². The zero-order chi connectivity index (χ0) is 13.1. The van der Waals surface area contributed by atoms with Gasteiger partial charge in [0.05, 0.1) is 5.56 Å². The van der Waals surface area contributed by atoms with E-state index in [0.717, 1.165) is 5.56 Å². The second-order valence-electron chi connectivity index (χ2n) is 3.84. The fraction of sp³-hybridized carbons (Fsp3) is 0.0769. The second kappa shape index (κ2) is 5.06. The fourth-order valence-corrected chi connectivity index (χ4v) is 1.65. The average Bonchev–Trinajstić information content (AvgIpc) is 2.36. The quantitative estimate of drug-likeness (QED) is 0.873. The van der Waals surface area contributed by atoms with Gasteiger partial charge in [0, 0.05) is 16.9 Å². The van der Waals surface area contributed by atoms with Crippen LogP contribution < -0.4 is 11.1 Å². The van der Waals surface area contributed by atoms with Crippen molar-refractivity contribution in [3.8, 4) is 0 Å². The molecule has 1 heterocycles. The molecule has 4 nitrogen and oxygen atoms in total. The minimum absolute atomic E-state index is 0.243. The summed E-state index contributed by atoms with van der Waals surface area (Å²) >= 11 is 5.98. The molecule has 0 aliphatic rings. The first-order valence-corrected chi connectivity index (χ1v) is 5.73. The van der Waals surface area contributed by atoms with Crippen molar-refractivity contribution in [2.24, 2.45) is 0 Å². The van der Waals surface area contributed by atoms with Crippen LogP contribution in [0, 0.1) is 6.92 Å². The number of carbonyl (C=O) groups is 1. The maximum Gasteiger partial charge on any atom is 0.257 e. The van der Waals surface area contributed by atoms with Gasteiger partial charge in [-0.25, -0.2) is 4.98 Å². The maximum atomic E-state index is 12.0. The standard InChI is InChI=1S/C13H12ClN3O/c1-8-10(14)3-2-4-11(8)17-13(18)9-5-6-12(15)16-7-9/h2-7H,1H3,(H2,15,16)(H,17,18). The summed E-state index contributed by atoms with van der Waals surface area (Å²) in [4.78, 5) is 15.8. The van der Waals surface area contributed by atoms with Crippen LogP contribution >= 0.6 is 11.6 Å². The Balaban J connectivity index is 2.21. The number of hydrogen-bond donors (Lipinski definition) is 2. The van der Waals surface area contributed by atoms with Gasteiger partial charge in [0.25, 0.3) is 5.91 Å². The van der Waals surface area contributed by atoms with Gasteiger partial charge in [-0.3, -0.25) is 4.79 Å². The van der Waals surface area contributed by atoms with Gasteiger partial charge in [0.2, 0.25) is 0 Å². The lowest BCUT2D eigenvalue weighted by molar-refractivity contribution is 0.102. The van der Waals surface area contributed by atoms with Crippen LogP contribution in [0.15, 0.2) is 36.5 Å². The van der Waals surface area contributed by atoms with Crippen molar-refractivity contribution in [1.82, 2.24) is 4.98 Å².